The van der Waals surface area contributed by atoms with Crippen molar-refractivity contribution in [3.05, 3.63) is 47.3 Å². The average Bonchev–Trinajstić information content (AvgIpc) is 3.32. The monoisotopic (exact) mass is 409 g/mol. The molecular formula is C16H16F5N3O2S. The molecule has 0 radical (unpaired) electrons. The van der Waals surface area contributed by atoms with Crippen molar-refractivity contribution in [2.75, 3.05) is 6.54 Å². The van der Waals surface area contributed by atoms with Crippen molar-refractivity contribution in [3.63, 3.8) is 0 Å². The lowest BCUT2D eigenvalue weighted by Crippen LogP contribution is -2.26. The lowest BCUT2D eigenvalue weighted by Gasteiger charge is -2.09. The van der Waals surface area contributed by atoms with Gasteiger partial charge in [0.25, 0.3) is 0 Å². The van der Waals surface area contributed by atoms with Gasteiger partial charge in [0, 0.05) is 24.7 Å². The first-order valence-corrected chi connectivity index (χ1v) is 9.66. The van der Waals surface area contributed by atoms with Gasteiger partial charge in [-0.05, 0) is 43.5 Å². The number of benzene rings is 1. The number of rotatable bonds is 7. The predicted molar refractivity (Wildman–Crippen MR) is 85.4 cm³/mol. The summed E-state index contributed by atoms with van der Waals surface area (Å²) in [4.78, 5) is -0.820. The lowest BCUT2D eigenvalue weighted by atomic mass is 10.2. The van der Waals surface area contributed by atoms with E-state index in [0.29, 0.717) is 17.8 Å². The molecule has 1 heterocycles. The Morgan fingerprint density at radius 2 is 1.89 bits per heavy atom. The molecular weight excluding hydrogens is 393 g/mol. The third-order valence-corrected chi connectivity index (χ3v) is 5.59. The van der Waals surface area contributed by atoms with Crippen LogP contribution < -0.4 is 4.72 Å². The highest BCUT2D eigenvalue weighted by atomic mass is 32.2. The van der Waals surface area contributed by atoms with Crippen molar-refractivity contribution < 1.29 is 30.4 Å². The Kier molecular flexibility index (Phi) is 5.26. The Hall–Kier alpha value is -2.01. The maximum absolute atomic E-state index is 13.6. The van der Waals surface area contributed by atoms with Crippen LogP contribution >= 0.6 is 0 Å². The van der Waals surface area contributed by atoms with Crippen LogP contribution in [0.1, 0.15) is 36.6 Å². The van der Waals surface area contributed by atoms with E-state index in [2.05, 4.69) is 9.82 Å². The number of hydrogen-bond acceptors (Lipinski definition) is 3. The van der Waals surface area contributed by atoms with Crippen molar-refractivity contribution >= 4 is 10.0 Å². The molecule has 1 aromatic carbocycles. The van der Waals surface area contributed by atoms with Gasteiger partial charge in [0.2, 0.25) is 10.0 Å². The Morgan fingerprint density at radius 3 is 2.52 bits per heavy atom. The summed E-state index contributed by atoms with van der Waals surface area (Å²) in [6, 6.07) is 3.08. The second-order valence-corrected chi connectivity index (χ2v) is 8.01. The number of sulfonamides is 1. The highest BCUT2D eigenvalue weighted by molar-refractivity contribution is 7.89. The van der Waals surface area contributed by atoms with Crippen molar-refractivity contribution in [1.82, 2.24) is 14.5 Å². The third kappa shape index (κ3) is 4.64. The van der Waals surface area contributed by atoms with Crippen LogP contribution in [0.15, 0.2) is 29.2 Å². The molecule has 27 heavy (non-hydrogen) atoms. The molecule has 0 amide bonds. The van der Waals surface area contributed by atoms with Crippen LogP contribution in [-0.2, 0) is 22.7 Å². The molecule has 0 atom stereocenters. The fourth-order valence-electron chi connectivity index (χ4n) is 2.65. The van der Waals surface area contributed by atoms with Crippen molar-refractivity contribution in [2.24, 2.45) is 0 Å². The van der Waals surface area contributed by atoms with E-state index in [1.54, 1.807) is 0 Å². The van der Waals surface area contributed by atoms with E-state index in [0.717, 1.165) is 25.0 Å². The number of alkyl halides is 3. The minimum absolute atomic E-state index is 0.0340. The van der Waals surface area contributed by atoms with Gasteiger partial charge in [0.05, 0.1) is 0 Å². The number of halogens is 5. The molecule has 148 valence electrons. The zero-order valence-electron chi connectivity index (χ0n) is 13.9. The number of aromatic nitrogens is 2. The molecule has 1 aliphatic carbocycles. The van der Waals surface area contributed by atoms with E-state index < -0.39 is 38.4 Å². The molecule has 0 bridgehead atoms. The van der Waals surface area contributed by atoms with E-state index in [9.17, 15) is 30.4 Å². The molecule has 0 unspecified atom stereocenters. The minimum atomic E-state index is -4.55. The summed E-state index contributed by atoms with van der Waals surface area (Å²) in [5, 5.41) is 3.57. The molecule has 5 nitrogen and oxygen atoms in total. The van der Waals surface area contributed by atoms with Gasteiger partial charge in [-0.25, -0.2) is 21.9 Å². The molecule has 0 saturated heterocycles. The number of nitrogens with zero attached hydrogens (tertiary/aromatic N) is 2. The summed E-state index contributed by atoms with van der Waals surface area (Å²) in [6.07, 6.45) is -2.84. The van der Waals surface area contributed by atoms with E-state index in [1.807, 2.05) is 0 Å². The summed E-state index contributed by atoms with van der Waals surface area (Å²) in [5.74, 6) is -1.96. The van der Waals surface area contributed by atoms with Gasteiger partial charge in [0.1, 0.15) is 16.5 Å². The quantitative estimate of drug-likeness (QED) is 0.563. The van der Waals surface area contributed by atoms with Gasteiger partial charge in [0.15, 0.2) is 5.69 Å². The maximum Gasteiger partial charge on any atom is 0.435 e. The first-order valence-electron chi connectivity index (χ1n) is 8.17. The van der Waals surface area contributed by atoms with Crippen molar-refractivity contribution in [3.8, 4) is 0 Å². The van der Waals surface area contributed by atoms with Crippen LogP contribution in [0, 0.1) is 11.6 Å². The standard InChI is InChI=1S/C16H16F5N3O2S/c17-11-4-5-12(18)14(8-11)27(25,26)22-6-1-7-24-13(10-2-3-10)9-15(23-24)16(19,20)21/h4-5,8-10,22H,1-3,6-7H2. The molecule has 0 aliphatic heterocycles. The van der Waals surface area contributed by atoms with Gasteiger partial charge in [-0.15, -0.1) is 0 Å². The zero-order valence-corrected chi connectivity index (χ0v) is 14.7. The second-order valence-electron chi connectivity index (χ2n) is 6.28. The lowest BCUT2D eigenvalue weighted by molar-refractivity contribution is -0.141. The van der Waals surface area contributed by atoms with Gasteiger partial charge >= 0.3 is 6.18 Å². The first kappa shape index (κ1) is 19.7. The van der Waals surface area contributed by atoms with Crippen molar-refractivity contribution in [2.45, 2.75) is 42.8 Å². The normalized spacial score (nSPS) is 15.3. The van der Waals surface area contributed by atoms with Crippen molar-refractivity contribution in [1.29, 1.82) is 0 Å². The topological polar surface area (TPSA) is 64.0 Å². The van der Waals surface area contributed by atoms with Crippen LogP contribution in [-0.4, -0.2) is 24.7 Å². The van der Waals surface area contributed by atoms with Crippen LogP contribution in [0.4, 0.5) is 22.0 Å². The Labute approximate surface area is 152 Å². The molecule has 1 N–H and O–H groups in total. The average molecular weight is 409 g/mol. The van der Waals surface area contributed by atoms with Crippen LogP contribution in [0.25, 0.3) is 0 Å². The van der Waals surface area contributed by atoms with Gasteiger partial charge in [-0.1, -0.05) is 0 Å². The zero-order chi connectivity index (χ0) is 19.8. The molecule has 1 fully saturated rings. The summed E-state index contributed by atoms with van der Waals surface area (Å²) >= 11 is 0. The number of nitrogens with one attached hydrogen (secondary N) is 1. The van der Waals surface area contributed by atoms with Gasteiger partial charge in [-0.2, -0.15) is 18.3 Å². The highest BCUT2D eigenvalue weighted by Gasteiger charge is 2.37. The molecule has 11 heteroatoms. The van der Waals surface area contributed by atoms with Gasteiger partial charge in [-0.3, -0.25) is 4.68 Å². The Balaban J connectivity index is 1.63. The van der Waals surface area contributed by atoms with Crippen LogP contribution in [0.5, 0.6) is 0 Å². The number of aryl methyl sites for hydroxylation is 1. The molecule has 2 aromatic rings. The van der Waals surface area contributed by atoms with Crippen LogP contribution in [0.3, 0.4) is 0 Å². The van der Waals surface area contributed by atoms with Gasteiger partial charge < -0.3 is 0 Å². The fourth-order valence-corrected chi connectivity index (χ4v) is 3.81. The summed E-state index contributed by atoms with van der Waals surface area (Å²) < 4.78 is 92.7. The summed E-state index contributed by atoms with van der Waals surface area (Å²) in [6.45, 7) is -0.0975. The highest BCUT2D eigenvalue weighted by Crippen LogP contribution is 2.42. The SMILES string of the molecule is O=S(=O)(NCCCn1nc(C(F)(F)F)cc1C1CC1)c1cc(F)ccc1F. The van der Waals surface area contributed by atoms with E-state index in [4.69, 9.17) is 0 Å². The molecule has 1 aliphatic rings. The summed E-state index contributed by atoms with van der Waals surface area (Å²) in [5.41, 5.74) is -0.506. The van der Waals surface area contributed by atoms with E-state index >= 15 is 0 Å². The molecule has 3 rings (SSSR count). The molecule has 1 saturated carbocycles. The fraction of sp³-hybridized carbons (Fsp3) is 0.438. The molecule has 1 aromatic heterocycles. The largest absolute Gasteiger partial charge is 0.435 e. The minimum Gasteiger partial charge on any atom is -0.269 e. The van der Waals surface area contributed by atoms with E-state index in [-0.39, 0.29) is 25.4 Å². The second kappa shape index (κ2) is 7.19. The summed E-state index contributed by atoms with van der Waals surface area (Å²) in [7, 11) is -4.27. The maximum atomic E-state index is 13.6. The third-order valence-electron chi connectivity index (χ3n) is 4.12. The predicted octanol–water partition coefficient (Wildman–Crippen LogP) is 3.43. The smallest absolute Gasteiger partial charge is 0.269 e. The Bertz CT molecular complexity index is 936. The number of hydrogen-bond donors (Lipinski definition) is 1. The molecule has 0 spiro atoms. The Morgan fingerprint density at radius 1 is 1.19 bits per heavy atom. The van der Waals surface area contributed by atoms with E-state index in [1.165, 1.54) is 4.68 Å². The van der Waals surface area contributed by atoms with Crippen LogP contribution in [0.2, 0.25) is 0 Å². The first-order chi connectivity index (χ1) is 12.6.